The highest BCUT2D eigenvalue weighted by atomic mass is 32.2. The Balaban J connectivity index is 1.03. The molecule has 0 fully saturated rings. The van der Waals surface area contributed by atoms with Crippen LogP contribution in [0.4, 0.5) is 0 Å². The molecule has 5 heteroatoms. The second-order valence-electron chi connectivity index (χ2n) is 13.6. The summed E-state index contributed by atoms with van der Waals surface area (Å²) >= 11 is 1.84. The topological polar surface area (TPSA) is 43.6 Å². The molecule has 0 unspecified atom stereocenters. The number of rotatable bonds is 5. The van der Waals surface area contributed by atoms with Crippen molar-refractivity contribution in [1.29, 1.82) is 0 Å². The number of nitrogens with zero attached hydrogens (tertiary/aromatic N) is 4. The zero-order chi connectivity index (χ0) is 35.6. The van der Waals surface area contributed by atoms with E-state index in [4.69, 9.17) is 15.0 Å². The zero-order valence-electron chi connectivity index (χ0n) is 29.0. The van der Waals surface area contributed by atoms with Gasteiger partial charge in [-0.05, 0) is 70.1 Å². The zero-order valence-corrected chi connectivity index (χ0v) is 29.8. The van der Waals surface area contributed by atoms with Gasteiger partial charge in [-0.2, -0.15) is 0 Å². The van der Waals surface area contributed by atoms with Crippen LogP contribution in [0.25, 0.3) is 94.7 Å². The summed E-state index contributed by atoms with van der Waals surface area (Å²) in [5.41, 5.74) is 11.4. The van der Waals surface area contributed by atoms with Crippen molar-refractivity contribution in [3.05, 3.63) is 182 Å². The summed E-state index contributed by atoms with van der Waals surface area (Å²) in [6.07, 6.45) is 0. The first kappa shape index (κ1) is 30.8. The average molecular weight is 707 g/mol. The normalized spacial score (nSPS) is 12.0. The van der Waals surface area contributed by atoms with Gasteiger partial charge in [0.15, 0.2) is 17.5 Å². The van der Waals surface area contributed by atoms with Crippen molar-refractivity contribution in [1.82, 2.24) is 19.5 Å². The predicted molar refractivity (Wildman–Crippen MR) is 223 cm³/mol. The van der Waals surface area contributed by atoms with E-state index >= 15 is 0 Å². The molecule has 2 aromatic heterocycles. The van der Waals surface area contributed by atoms with Gasteiger partial charge in [0.05, 0.1) is 11.0 Å². The molecule has 252 valence electrons. The molecule has 0 saturated carbocycles. The van der Waals surface area contributed by atoms with E-state index in [1.54, 1.807) is 0 Å². The Labute approximate surface area is 316 Å². The van der Waals surface area contributed by atoms with E-state index in [9.17, 15) is 0 Å². The maximum absolute atomic E-state index is 5.07. The summed E-state index contributed by atoms with van der Waals surface area (Å²) < 4.78 is 2.38. The Morgan fingerprint density at radius 2 is 0.944 bits per heavy atom. The third kappa shape index (κ3) is 4.97. The number of fused-ring (bicyclic) bond motifs is 5. The van der Waals surface area contributed by atoms with Crippen molar-refractivity contribution in [3.63, 3.8) is 0 Å². The van der Waals surface area contributed by atoms with Gasteiger partial charge in [-0.3, -0.25) is 0 Å². The minimum absolute atomic E-state index is 0.662. The Bertz CT molecular complexity index is 3010. The maximum atomic E-state index is 5.07. The lowest BCUT2D eigenvalue weighted by atomic mass is 9.93. The van der Waals surface area contributed by atoms with Gasteiger partial charge in [0.1, 0.15) is 0 Å². The van der Waals surface area contributed by atoms with Gasteiger partial charge in [-0.25, -0.2) is 15.0 Å². The highest BCUT2D eigenvalue weighted by Crippen LogP contribution is 2.50. The highest BCUT2D eigenvalue weighted by Gasteiger charge is 2.23. The second-order valence-corrected chi connectivity index (χ2v) is 14.7. The SMILES string of the molecule is c1ccc(-c2nc(-c3ccccc3)nc(-c3ccc4c5c(cccc35)-c3ccc(-c5ccc6c7ccccc7n(-c7ccccc7)c6c5)cc3S4)n2)cc1. The molecule has 0 spiro atoms. The van der Waals surface area contributed by atoms with Gasteiger partial charge < -0.3 is 4.57 Å². The Kier molecular flexibility index (Phi) is 7.07. The summed E-state index contributed by atoms with van der Waals surface area (Å²) in [7, 11) is 0. The van der Waals surface area contributed by atoms with Crippen LogP contribution in [0.5, 0.6) is 0 Å². The third-order valence-electron chi connectivity index (χ3n) is 10.5. The molecule has 54 heavy (non-hydrogen) atoms. The van der Waals surface area contributed by atoms with E-state index in [2.05, 4.69) is 126 Å². The Hall–Kier alpha value is -6.82. The minimum atomic E-state index is 0.662. The first-order valence-electron chi connectivity index (χ1n) is 18.1. The molecular formula is C49H30N4S. The molecule has 4 nitrogen and oxygen atoms in total. The standard InChI is InChI=1S/C49H30N4S/c1-4-13-31(14-5-1)47-50-48(32-15-6-2-7-16-32)52-49(51-47)41-27-28-44-46-39(20-12-21-40(41)46)38-26-24-34(30-45(38)54-44)33-23-25-37-36-19-10-11-22-42(36)53(43(37)29-33)35-17-8-3-9-18-35/h1-30H. The van der Waals surface area contributed by atoms with Gasteiger partial charge in [-0.1, -0.05) is 151 Å². The van der Waals surface area contributed by atoms with Gasteiger partial charge >= 0.3 is 0 Å². The van der Waals surface area contributed by atoms with Crippen molar-refractivity contribution in [2.45, 2.75) is 9.79 Å². The quantitative estimate of drug-likeness (QED) is 0.179. The number of benzene rings is 8. The number of hydrogen-bond acceptors (Lipinski definition) is 4. The van der Waals surface area contributed by atoms with E-state index in [1.165, 1.54) is 59.2 Å². The lowest BCUT2D eigenvalue weighted by Gasteiger charge is -2.22. The van der Waals surface area contributed by atoms with Crippen LogP contribution in [0.3, 0.4) is 0 Å². The van der Waals surface area contributed by atoms with Crippen molar-refractivity contribution < 1.29 is 0 Å². The Morgan fingerprint density at radius 1 is 0.352 bits per heavy atom. The van der Waals surface area contributed by atoms with Gasteiger partial charge in [-0.15, -0.1) is 0 Å². The fourth-order valence-electron chi connectivity index (χ4n) is 7.94. The molecule has 0 amide bonds. The molecule has 0 bridgehead atoms. The van der Waals surface area contributed by atoms with Crippen molar-refractivity contribution in [2.24, 2.45) is 0 Å². The molecule has 11 rings (SSSR count). The van der Waals surface area contributed by atoms with Crippen LogP contribution in [0.2, 0.25) is 0 Å². The first-order chi connectivity index (χ1) is 26.8. The number of hydrogen-bond donors (Lipinski definition) is 0. The van der Waals surface area contributed by atoms with Gasteiger partial charge in [0, 0.05) is 48.3 Å². The summed E-state index contributed by atoms with van der Waals surface area (Å²) in [5, 5.41) is 4.89. The molecule has 0 N–H and O–H groups in total. The molecule has 10 aromatic rings. The second kappa shape index (κ2) is 12.4. The monoisotopic (exact) mass is 706 g/mol. The Morgan fingerprint density at radius 3 is 1.70 bits per heavy atom. The van der Waals surface area contributed by atoms with Crippen LogP contribution >= 0.6 is 11.8 Å². The van der Waals surface area contributed by atoms with E-state index in [1.807, 2.05) is 72.4 Å². The molecule has 1 aliphatic heterocycles. The minimum Gasteiger partial charge on any atom is -0.309 e. The van der Waals surface area contributed by atoms with Crippen molar-refractivity contribution in [2.75, 3.05) is 0 Å². The molecule has 1 aliphatic rings. The highest BCUT2D eigenvalue weighted by molar-refractivity contribution is 7.99. The largest absolute Gasteiger partial charge is 0.309 e. The van der Waals surface area contributed by atoms with Crippen LogP contribution in [0, 0.1) is 0 Å². The van der Waals surface area contributed by atoms with Crippen LogP contribution in [-0.2, 0) is 0 Å². The van der Waals surface area contributed by atoms with Crippen molar-refractivity contribution in [3.8, 4) is 62.1 Å². The lowest BCUT2D eigenvalue weighted by molar-refractivity contribution is 1.08. The van der Waals surface area contributed by atoms with Crippen LogP contribution in [0.15, 0.2) is 192 Å². The maximum Gasteiger partial charge on any atom is 0.164 e. The first-order valence-corrected chi connectivity index (χ1v) is 18.9. The van der Waals surface area contributed by atoms with Crippen molar-refractivity contribution >= 4 is 44.3 Å². The average Bonchev–Trinajstić information content (AvgIpc) is 3.58. The lowest BCUT2D eigenvalue weighted by Crippen LogP contribution is -2.01. The molecule has 8 aromatic carbocycles. The van der Waals surface area contributed by atoms with Crippen LogP contribution < -0.4 is 0 Å². The fourth-order valence-corrected chi connectivity index (χ4v) is 9.11. The summed E-state index contributed by atoms with van der Waals surface area (Å²) in [6.45, 7) is 0. The van der Waals surface area contributed by atoms with E-state index < -0.39 is 0 Å². The number of para-hydroxylation sites is 2. The molecule has 0 atom stereocenters. The van der Waals surface area contributed by atoms with Crippen LogP contribution in [-0.4, -0.2) is 19.5 Å². The summed E-state index contributed by atoms with van der Waals surface area (Å²) in [4.78, 5) is 17.6. The van der Waals surface area contributed by atoms with Crippen LogP contribution in [0.1, 0.15) is 0 Å². The summed E-state index contributed by atoms with van der Waals surface area (Å²) in [6, 6.07) is 64.5. The van der Waals surface area contributed by atoms with E-state index in [0.29, 0.717) is 17.5 Å². The molecular weight excluding hydrogens is 677 g/mol. The number of aromatic nitrogens is 4. The van der Waals surface area contributed by atoms with Gasteiger partial charge in [0.25, 0.3) is 0 Å². The third-order valence-corrected chi connectivity index (χ3v) is 11.6. The van der Waals surface area contributed by atoms with E-state index in [-0.39, 0.29) is 0 Å². The van der Waals surface area contributed by atoms with Gasteiger partial charge in [0.2, 0.25) is 0 Å². The molecule has 3 heterocycles. The fraction of sp³-hybridized carbons (Fsp3) is 0. The van der Waals surface area contributed by atoms with E-state index in [0.717, 1.165) is 27.8 Å². The predicted octanol–water partition coefficient (Wildman–Crippen LogP) is 12.9. The molecule has 0 radical (unpaired) electrons. The molecule has 0 saturated heterocycles. The summed E-state index contributed by atoms with van der Waals surface area (Å²) in [5.74, 6) is 1.99. The smallest absolute Gasteiger partial charge is 0.164 e. The molecule has 0 aliphatic carbocycles.